The number of alkyl halides is 3. The van der Waals surface area contributed by atoms with Gasteiger partial charge in [-0.25, -0.2) is 14.5 Å². The molecule has 3 amide bonds. The van der Waals surface area contributed by atoms with Gasteiger partial charge < -0.3 is 9.64 Å². The Bertz CT molecular complexity index is 869. The number of nitrogens with zero attached hydrogens (tertiary/aromatic N) is 2. The van der Waals surface area contributed by atoms with Crippen molar-refractivity contribution >= 4 is 12.1 Å². The van der Waals surface area contributed by atoms with Crippen molar-refractivity contribution in [3.8, 4) is 0 Å². The maximum atomic E-state index is 12.8. The Labute approximate surface area is 173 Å². The largest absolute Gasteiger partial charge is 0.444 e. The highest BCUT2D eigenvalue weighted by atomic mass is 19.4. The average Bonchev–Trinajstić information content (AvgIpc) is 2.76. The summed E-state index contributed by atoms with van der Waals surface area (Å²) in [6.07, 6.45) is -3.67. The van der Waals surface area contributed by atoms with E-state index in [9.17, 15) is 22.8 Å². The van der Waals surface area contributed by atoms with Gasteiger partial charge in [-0.2, -0.15) is 13.2 Å². The third-order valence-corrected chi connectivity index (χ3v) is 5.17. The van der Waals surface area contributed by atoms with E-state index in [1.807, 2.05) is 30.3 Å². The minimum atomic E-state index is -4.38. The lowest BCUT2D eigenvalue weighted by Gasteiger charge is -2.34. The van der Waals surface area contributed by atoms with Gasteiger partial charge in [0, 0.05) is 26.1 Å². The summed E-state index contributed by atoms with van der Waals surface area (Å²) in [5.41, 5.74) is 0.859. The summed E-state index contributed by atoms with van der Waals surface area (Å²) in [6.45, 7) is 0.873. The molecule has 1 heterocycles. The standard InChI is InChI=1S/C22H23F3N2O3/c1-26(21(29)30-15-16-6-3-2-4-7-16)20(28)27-13-5-8-18(14-27)17-9-11-19(12-10-17)22(23,24)25/h2-4,6-7,9-12,18H,5,8,13-15H2,1H3. The zero-order chi connectivity index (χ0) is 21.7. The van der Waals surface area contributed by atoms with E-state index in [0.717, 1.165) is 34.6 Å². The van der Waals surface area contributed by atoms with Gasteiger partial charge >= 0.3 is 18.3 Å². The SMILES string of the molecule is CN(C(=O)OCc1ccccc1)C(=O)N1CCCC(c2ccc(C(F)(F)F)cc2)C1. The summed E-state index contributed by atoms with van der Waals surface area (Å²) < 4.78 is 43.5. The highest BCUT2D eigenvalue weighted by Gasteiger charge is 2.32. The van der Waals surface area contributed by atoms with Crippen molar-refractivity contribution in [3.05, 3.63) is 71.3 Å². The van der Waals surface area contributed by atoms with Gasteiger partial charge in [0.25, 0.3) is 0 Å². The molecule has 2 aromatic rings. The van der Waals surface area contributed by atoms with E-state index in [2.05, 4.69) is 0 Å². The molecule has 3 rings (SSSR count). The Morgan fingerprint density at radius 3 is 2.40 bits per heavy atom. The van der Waals surface area contributed by atoms with Crippen molar-refractivity contribution in [1.29, 1.82) is 0 Å². The fourth-order valence-corrected chi connectivity index (χ4v) is 3.47. The highest BCUT2D eigenvalue weighted by Crippen LogP contribution is 2.32. The molecule has 1 atom stereocenters. The second kappa shape index (κ2) is 9.19. The first-order chi connectivity index (χ1) is 14.3. The molecule has 8 heteroatoms. The van der Waals surface area contributed by atoms with E-state index in [4.69, 9.17) is 4.74 Å². The number of imide groups is 1. The van der Waals surface area contributed by atoms with Crippen LogP contribution in [0.5, 0.6) is 0 Å². The van der Waals surface area contributed by atoms with Crippen LogP contribution in [-0.2, 0) is 17.5 Å². The molecule has 1 unspecified atom stereocenters. The first-order valence-corrected chi connectivity index (χ1v) is 9.66. The average molecular weight is 420 g/mol. The number of rotatable bonds is 3. The third-order valence-electron chi connectivity index (χ3n) is 5.17. The van der Waals surface area contributed by atoms with Gasteiger partial charge in [0.2, 0.25) is 0 Å². The number of carbonyl (C=O) groups is 2. The summed E-state index contributed by atoms with van der Waals surface area (Å²) in [5.74, 6) is -0.0845. The van der Waals surface area contributed by atoms with E-state index < -0.39 is 23.9 Å². The van der Waals surface area contributed by atoms with Crippen molar-refractivity contribution in [3.63, 3.8) is 0 Å². The number of benzene rings is 2. The van der Waals surface area contributed by atoms with Crippen molar-refractivity contribution in [2.75, 3.05) is 20.1 Å². The lowest BCUT2D eigenvalue weighted by Crippen LogP contribution is -2.47. The predicted molar refractivity (Wildman–Crippen MR) is 105 cm³/mol. The van der Waals surface area contributed by atoms with E-state index in [-0.39, 0.29) is 12.5 Å². The van der Waals surface area contributed by atoms with Gasteiger partial charge in [-0.1, -0.05) is 42.5 Å². The molecule has 5 nitrogen and oxygen atoms in total. The topological polar surface area (TPSA) is 49.9 Å². The third kappa shape index (κ3) is 5.31. The van der Waals surface area contributed by atoms with Crippen LogP contribution in [-0.4, -0.2) is 42.1 Å². The molecule has 0 bridgehead atoms. The van der Waals surface area contributed by atoms with Gasteiger partial charge in [-0.3, -0.25) is 0 Å². The predicted octanol–water partition coefficient (Wildman–Crippen LogP) is 5.27. The summed E-state index contributed by atoms with van der Waals surface area (Å²) in [4.78, 5) is 27.4. The van der Waals surface area contributed by atoms with Gasteiger partial charge in [0.15, 0.2) is 0 Å². The number of piperidine rings is 1. The molecule has 0 radical (unpaired) electrons. The normalized spacial score (nSPS) is 16.8. The number of hydrogen-bond acceptors (Lipinski definition) is 3. The second-order valence-corrected chi connectivity index (χ2v) is 7.29. The van der Waals surface area contributed by atoms with Crippen molar-refractivity contribution < 1.29 is 27.5 Å². The van der Waals surface area contributed by atoms with E-state index >= 15 is 0 Å². The fourth-order valence-electron chi connectivity index (χ4n) is 3.47. The maximum absolute atomic E-state index is 12.8. The number of halogens is 3. The van der Waals surface area contributed by atoms with Crippen LogP contribution >= 0.6 is 0 Å². The zero-order valence-corrected chi connectivity index (χ0v) is 16.6. The second-order valence-electron chi connectivity index (χ2n) is 7.29. The van der Waals surface area contributed by atoms with Crippen molar-refractivity contribution in [2.45, 2.75) is 31.5 Å². The lowest BCUT2D eigenvalue weighted by atomic mass is 9.90. The Kier molecular flexibility index (Phi) is 6.64. The molecule has 1 saturated heterocycles. The molecule has 0 N–H and O–H groups in total. The summed E-state index contributed by atoms with van der Waals surface area (Å²) in [6, 6.07) is 13.7. The minimum Gasteiger partial charge on any atom is -0.444 e. The fraction of sp³-hybridized carbons (Fsp3) is 0.364. The van der Waals surface area contributed by atoms with Crippen LogP contribution in [0.2, 0.25) is 0 Å². The molecule has 1 fully saturated rings. The first-order valence-electron chi connectivity index (χ1n) is 9.66. The summed E-state index contributed by atoms with van der Waals surface area (Å²) in [7, 11) is 1.36. The monoisotopic (exact) mass is 420 g/mol. The highest BCUT2D eigenvalue weighted by molar-refractivity contribution is 5.90. The molecule has 1 aliphatic rings. The maximum Gasteiger partial charge on any atom is 0.418 e. The first kappa shape index (κ1) is 21.7. The molecule has 0 spiro atoms. The molecule has 0 aliphatic carbocycles. The van der Waals surface area contributed by atoms with Gasteiger partial charge in [0.05, 0.1) is 5.56 Å². The van der Waals surface area contributed by atoms with Crippen LogP contribution < -0.4 is 0 Å². The Morgan fingerprint density at radius 2 is 1.77 bits per heavy atom. The van der Waals surface area contributed by atoms with Gasteiger partial charge in [-0.05, 0) is 36.1 Å². The van der Waals surface area contributed by atoms with Crippen LogP contribution in [0.3, 0.4) is 0 Å². The van der Waals surface area contributed by atoms with Crippen LogP contribution in [0, 0.1) is 0 Å². The summed E-state index contributed by atoms with van der Waals surface area (Å²) in [5, 5.41) is 0. The van der Waals surface area contributed by atoms with E-state index in [0.29, 0.717) is 19.5 Å². The molecule has 2 aromatic carbocycles. The van der Waals surface area contributed by atoms with Crippen LogP contribution in [0.25, 0.3) is 0 Å². The Hall–Kier alpha value is -3.03. The number of amides is 3. The Balaban J connectivity index is 1.58. The minimum absolute atomic E-state index is 0.0610. The number of hydrogen-bond donors (Lipinski definition) is 0. The van der Waals surface area contributed by atoms with Gasteiger partial charge in [0.1, 0.15) is 6.61 Å². The molecule has 0 saturated carbocycles. The summed E-state index contributed by atoms with van der Waals surface area (Å²) >= 11 is 0. The number of likely N-dealkylation sites (tertiary alicyclic amines) is 1. The smallest absolute Gasteiger partial charge is 0.418 e. The molecule has 160 valence electrons. The molecule has 0 aromatic heterocycles. The van der Waals surface area contributed by atoms with E-state index in [1.54, 1.807) is 0 Å². The number of carbonyl (C=O) groups excluding carboxylic acids is 2. The van der Waals surface area contributed by atoms with Crippen LogP contribution in [0.4, 0.5) is 22.8 Å². The Morgan fingerprint density at radius 1 is 1.10 bits per heavy atom. The number of urea groups is 1. The van der Waals surface area contributed by atoms with Crippen LogP contribution in [0.15, 0.2) is 54.6 Å². The molecule has 1 aliphatic heterocycles. The quantitative estimate of drug-likeness (QED) is 0.679. The van der Waals surface area contributed by atoms with Crippen molar-refractivity contribution in [2.24, 2.45) is 0 Å². The van der Waals surface area contributed by atoms with Crippen molar-refractivity contribution in [1.82, 2.24) is 9.80 Å². The molecular weight excluding hydrogens is 397 g/mol. The zero-order valence-electron chi connectivity index (χ0n) is 16.6. The molecular formula is C22H23F3N2O3. The van der Waals surface area contributed by atoms with E-state index in [1.165, 1.54) is 24.1 Å². The number of ether oxygens (including phenoxy) is 1. The van der Waals surface area contributed by atoms with Gasteiger partial charge in [-0.15, -0.1) is 0 Å². The lowest BCUT2D eigenvalue weighted by molar-refractivity contribution is -0.137. The van der Waals surface area contributed by atoms with Crippen LogP contribution in [0.1, 0.15) is 35.4 Å². The molecule has 30 heavy (non-hydrogen) atoms.